The van der Waals surface area contributed by atoms with E-state index in [1.807, 2.05) is 17.5 Å². The van der Waals surface area contributed by atoms with Crippen LogP contribution in [-0.2, 0) is 16.1 Å². The van der Waals surface area contributed by atoms with E-state index in [4.69, 9.17) is 5.73 Å². The molecule has 3 amide bonds. The van der Waals surface area contributed by atoms with Crippen molar-refractivity contribution in [1.29, 1.82) is 0 Å². The Morgan fingerprint density at radius 3 is 2.62 bits per heavy atom. The van der Waals surface area contributed by atoms with Gasteiger partial charge in [0.05, 0.1) is 6.54 Å². The Morgan fingerprint density at radius 1 is 1.21 bits per heavy atom. The molecule has 1 fully saturated rings. The van der Waals surface area contributed by atoms with Gasteiger partial charge in [-0.05, 0) is 42.5 Å². The van der Waals surface area contributed by atoms with Crippen LogP contribution in [0.3, 0.4) is 0 Å². The van der Waals surface area contributed by atoms with Crippen molar-refractivity contribution >= 4 is 34.7 Å². The SMILES string of the molecule is NC(=O)c1cccc(NC(=O)C(=O)N(Cc2cccs2)C2CC2)c1. The van der Waals surface area contributed by atoms with E-state index < -0.39 is 17.7 Å². The minimum atomic E-state index is -0.708. The van der Waals surface area contributed by atoms with Crippen LogP contribution in [0.15, 0.2) is 41.8 Å². The van der Waals surface area contributed by atoms with E-state index >= 15 is 0 Å². The number of rotatable bonds is 5. The number of nitrogens with two attached hydrogens (primary N) is 1. The summed E-state index contributed by atoms with van der Waals surface area (Å²) in [6, 6.07) is 10.2. The molecular weight excluding hydrogens is 326 g/mol. The molecule has 1 heterocycles. The number of amides is 3. The van der Waals surface area contributed by atoms with E-state index in [2.05, 4.69) is 5.32 Å². The number of primary amides is 1. The van der Waals surface area contributed by atoms with E-state index in [1.54, 1.807) is 34.4 Å². The molecule has 1 aromatic carbocycles. The molecule has 24 heavy (non-hydrogen) atoms. The number of nitrogens with one attached hydrogen (secondary N) is 1. The van der Waals surface area contributed by atoms with Gasteiger partial charge in [0.15, 0.2) is 0 Å². The van der Waals surface area contributed by atoms with Crippen LogP contribution in [0.4, 0.5) is 5.69 Å². The maximum absolute atomic E-state index is 12.5. The normalized spacial score (nSPS) is 13.3. The summed E-state index contributed by atoms with van der Waals surface area (Å²) in [7, 11) is 0. The van der Waals surface area contributed by atoms with Crippen molar-refractivity contribution in [1.82, 2.24) is 4.90 Å². The average Bonchev–Trinajstić information content (AvgIpc) is 3.28. The summed E-state index contributed by atoms with van der Waals surface area (Å²) >= 11 is 1.56. The van der Waals surface area contributed by atoms with Crippen molar-refractivity contribution in [2.45, 2.75) is 25.4 Å². The lowest BCUT2D eigenvalue weighted by Crippen LogP contribution is -2.40. The maximum Gasteiger partial charge on any atom is 0.313 e. The Balaban J connectivity index is 1.69. The monoisotopic (exact) mass is 343 g/mol. The number of hydrogen-bond donors (Lipinski definition) is 2. The van der Waals surface area contributed by atoms with Gasteiger partial charge in [0.2, 0.25) is 5.91 Å². The molecule has 3 N–H and O–H groups in total. The lowest BCUT2D eigenvalue weighted by molar-refractivity contribution is -0.144. The smallest absolute Gasteiger partial charge is 0.313 e. The third kappa shape index (κ3) is 3.80. The van der Waals surface area contributed by atoms with Gasteiger partial charge in [0.25, 0.3) is 0 Å². The minimum Gasteiger partial charge on any atom is -0.366 e. The zero-order valence-corrected chi connectivity index (χ0v) is 13.7. The van der Waals surface area contributed by atoms with Crippen molar-refractivity contribution in [2.24, 2.45) is 5.73 Å². The first-order valence-electron chi connectivity index (χ1n) is 7.59. The third-order valence-electron chi connectivity index (χ3n) is 3.75. The molecule has 0 aliphatic heterocycles. The van der Waals surface area contributed by atoms with E-state index in [0.717, 1.165) is 17.7 Å². The standard InChI is InChI=1S/C17H17N3O3S/c18-15(21)11-3-1-4-12(9-11)19-16(22)17(23)20(13-6-7-13)10-14-5-2-8-24-14/h1-5,8-9,13H,6-7,10H2,(H2,18,21)(H,19,22). The van der Waals surface area contributed by atoms with Gasteiger partial charge in [-0.3, -0.25) is 14.4 Å². The molecule has 1 aliphatic rings. The van der Waals surface area contributed by atoms with Gasteiger partial charge < -0.3 is 16.0 Å². The molecule has 0 bridgehead atoms. The van der Waals surface area contributed by atoms with Crippen LogP contribution in [0.5, 0.6) is 0 Å². The van der Waals surface area contributed by atoms with Crippen LogP contribution in [0, 0.1) is 0 Å². The second kappa shape index (κ2) is 6.84. The highest BCUT2D eigenvalue weighted by atomic mass is 32.1. The molecular formula is C17H17N3O3S. The Labute approximate surface area is 143 Å². The minimum absolute atomic E-state index is 0.127. The van der Waals surface area contributed by atoms with Crippen LogP contribution in [-0.4, -0.2) is 28.7 Å². The highest BCUT2D eigenvalue weighted by Gasteiger charge is 2.35. The van der Waals surface area contributed by atoms with Crippen molar-refractivity contribution < 1.29 is 14.4 Å². The van der Waals surface area contributed by atoms with Crippen molar-refractivity contribution in [3.63, 3.8) is 0 Å². The number of anilines is 1. The van der Waals surface area contributed by atoms with Crippen molar-refractivity contribution in [2.75, 3.05) is 5.32 Å². The zero-order chi connectivity index (χ0) is 17.1. The Bertz CT molecular complexity index is 769. The molecule has 1 aliphatic carbocycles. The van der Waals surface area contributed by atoms with Gasteiger partial charge in [-0.1, -0.05) is 12.1 Å². The fourth-order valence-electron chi connectivity index (χ4n) is 2.39. The predicted molar refractivity (Wildman–Crippen MR) is 91.5 cm³/mol. The lowest BCUT2D eigenvalue weighted by Gasteiger charge is -2.21. The number of carbonyl (C=O) groups is 3. The Morgan fingerprint density at radius 2 is 2.00 bits per heavy atom. The van der Waals surface area contributed by atoms with Crippen LogP contribution < -0.4 is 11.1 Å². The van der Waals surface area contributed by atoms with Gasteiger partial charge in [0.1, 0.15) is 0 Å². The molecule has 0 atom stereocenters. The molecule has 0 spiro atoms. The third-order valence-corrected chi connectivity index (χ3v) is 4.62. The van der Waals surface area contributed by atoms with Crippen molar-refractivity contribution in [3.8, 4) is 0 Å². The summed E-state index contributed by atoms with van der Waals surface area (Å²) in [5, 5.41) is 4.49. The van der Waals surface area contributed by atoms with E-state index in [1.165, 1.54) is 6.07 Å². The second-order valence-corrected chi connectivity index (χ2v) is 6.68. The lowest BCUT2D eigenvalue weighted by atomic mass is 10.2. The number of thiophene rings is 1. The fourth-order valence-corrected chi connectivity index (χ4v) is 3.09. The van der Waals surface area contributed by atoms with Crippen LogP contribution in [0.1, 0.15) is 28.1 Å². The highest BCUT2D eigenvalue weighted by Crippen LogP contribution is 2.29. The average molecular weight is 343 g/mol. The molecule has 0 unspecified atom stereocenters. The van der Waals surface area contributed by atoms with Crippen molar-refractivity contribution in [3.05, 3.63) is 52.2 Å². The summed E-state index contributed by atoms with van der Waals surface area (Å²) in [6.07, 6.45) is 1.84. The van der Waals surface area contributed by atoms with E-state index in [9.17, 15) is 14.4 Å². The fraction of sp³-hybridized carbons (Fsp3) is 0.235. The van der Waals surface area contributed by atoms with Gasteiger partial charge in [-0.2, -0.15) is 0 Å². The first-order valence-corrected chi connectivity index (χ1v) is 8.47. The van der Waals surface area contributed by atoms with E-state index in [-0.39, 0.29) is 11.6 Å². The molecule has 7 heteroatoms. The summed E-state index contributed by atoms with van der Waals surface area (Å²) in [6.45, 7) is 0.440. The van der Waals surface area contributed by atoms with Gasteiger partial charge in [-0.15, -0.1) is 11.3 Å². The summed E-state index contributed by atoms with van der Waals surface area (Å²) in [5.74, 6) is -1.86. The number of benzene rings is 1. The van der Waals surface area contributed by atoms with Crippen LogP contribution in [0.25, 0.3) is 0 Å². The molecule has 1 saturated carbocycles. The number of carbonyl (C=O) groups excluding carboxylic acids is 3. The van der Waals surface area contributed by atoms with Crippen LogP contribution in [0.2, 0.25) is 0 Å². The molecule has 2 aromatic rings. The summed E-state index contributed by atoms with van der Waals surface area (Å²) in [4.78, 5) is 38.6. The Kier molecular flexibility index (Phi) is 4.61. The summed E-state index contributed by atoms with van der Waals surface area (Å²) < 4.78 is 0. The van der Waals surface area contributed by atoms with Gasteiger partial charge >= 0.3 is 11.8 Å². The van der Waals surface area contributed by atoms with Crippen LogP contribution >= 0.6 is 11.3 Å². The highest BCUT2D eigenvalue weighted by molar-refractivity contribution is 7.09. The first kappa shape index (κ1) is 16.2. The molecule has 0 saturated heterocycles. The topological polar surface area (TPSA) is 92.5 Å². The molecule has 1 aromatic heterocycles. The van der Waals surface area contributed by atoms with E-state index in [0.29, 0.717) is 12.2 Å². The Hall–Kier alpha value is -2.67. The maximum atomic E-state index is 12.5. The largest absolute Gasteiger partial charge is 0.366 e. The summed E-state index contributed by atoms with van der Waals surface area (Å²) in [5.41, 5.74) is 5.87. The molecule has 3 rings (SSSR count). The number of hydrogen-bond acceptors (Lipinski definition) is 4. The number of nitrogens with zero attached hydrogens (tertiary/aromatic N) is 1. The predicted octanol–water partition coefficient (Wildman–Crippen LogP) is 1.98. The zero-order valence-electron chi connectivity index (χ0n) is 12.9. The second-order valence-electron chi connectivity index (χ2n) is 5.64. The molecule has 0 radical (unpaired) electrons. The quantitative estimate of drug-likeness (QED) is 0.813. The molecule has 6 nitrogen and oxygen atoms in total. The first-order chi connectivity index (χ1) is 11.5. The van der Waals surface area contributed by atoms with Gasteiger partial charge in [0, 0.05) is 22.2 Å². The van der Waals surface area contributed by atoms with Gasteiger partial charge in [-0.25, -0.2) is 0 Å². The molecule has 124 valence electrons.